The molecule has 126 valence electrons. The number of hydrogen-bond donors (Lipinski definition) is 2. The highest BCUT2D eigenvalue weighted by molar-refractivity contribution is 5.65. The van der Waals surface area contributed by atoms with Gasteiger partial charge in [0.05, 0.1) is 0 Å². The molecule has 1 fully saturated rings. The van der Waals surface area contributed by atoms with Crippen LogP contribution < -0.4 is 0 Å². The highest BCUT2D eigenvalue weighted by Crippen LogP contribution is 2.41. The average Bonchev–Trinajstić information content (AvgIpc) is 2.62. The number of nitrogens with zero attached hydrogens (tertiary/aromatic N) is 1. The Balaban J connectivity index is 1.97. The molecule has 1 amide bonds. The molecular weight excluding hydrogens is 309 g/mol. The van der Waals surface area contributed by atoms with Crippen molar-refractivity contribution in [1.29, 1.82) is 0 Å². The van der Waals surface area contributed by atoms with Gasteiger partial charge in [0.25, 0.3) is 0 Å². The van der Waals surface area contributed by atoms with Crippen LogP contribution in [-0.2, 0) is 5.60 Å². The largest absolute Gasteiger partial charge is 0.465 e. The molecule has 1 aliphatic rings. The molecule has 3 rings (SSSR count). The number of amides is 1. The lowest BCUT2D eigenvalue weighted by Gasteiger charge is -2.41. The Labute approximate surface area is 140 Å². The standard InChI is InChI=1S/C19H20FNO3/c20-17-8-6-15(7-9-17)19(24,14-4-2-1-3-5-14)16-10-12-21(13-11-16)18(22)23/h1-9,16,24H,10-13H2,(H,22,23)/t19-/m0/s1. The Morgan fingerprint density at radius 1 is 1.00 bits per heavy atom. The van der Waals surface area contributed by atoms with E-state index >= 15 is 0 Å². The zero-order valence-electron chi connectivity index (χ0n) is 13.2. The monoisotopic (exact) mass is 329 g/mol. The normalized spacial score (nSPS) is 18.2. The van der Waals surface area contributed by atoms with Crippen LogP contribution in [0.15, 0.2) is 54.6 Å². The first-order valence-corrected chi connectivity index (χ1v) is 8.03. The molecule has 1 saturated heterocycles. The fraction of sp³-hybridized carbons (Fsp3) is 0.316. The van der Waals surface area contributed by atoms with E-state index in [1.807, 2.05) is 30.3 Å². The smallest absolute Gasteiger partial charge is 0.407 e. The number of carboxylic acid groups (broad SMARTS) is 1. The molecule has 0 aromatic heterocycles. The third-order valence-electron chi connectivity index (χ3n) is 4.85. The molecule has 0 aliphatic carbocycles. The fourth-order valence-electron chi connectivity index (χ4n) is 3.52. The van der Waals surface area contributed by atoms with Crippen molar-refractivity contribution in [2.75, 3.05) is 13.1 Å². The van der Waals surface area contributed by atoms with Crippen LogP contribution in [0.5, 0.6) is 0 Å². The number of aliphatic hydroxyl groups is 1. The van der Waals surface area contributed by atoms with Crippen molar-refractivity contribution in [2.45, 2.75) is 18.4 Å². The summed E-state index contributed by atoms with van der Waals surface area (Å²) in [7, 11) is 0. The van der Waals surface area contributed by atoms with E-state index in [9.17, 15) is 14.3 Å². The molecule has 2 aromatic carbocycles. The number of likely N-dealkylation sites (tertiary alicyclic amines) is 1. The van der Waals surface area contributed by atoms with E-state index in [-0.39, 0.29) is 11.7 Å². The fourth-order valence-corrected chi connectivity index (χ4v) is 3.52. The van der Waals surface area contributed by atoms with Crippen molar-refractivity contribution >= 4 is 6.09 Å². The van der Waals surface area contributed by atoms with Gasteiger partial charge in [-0.3, -0.25) is 0 Å². The molecule has 0 radical (unpaired) electrons. The second-order valence-electron chi connectivity index (χ2n) is 6.18. The number of hydrogen-bond acceptors (Lipinski definition) is 2. The molecule has 5 heteroatoms. The number of benzene rings is 2. The first-order chi connectivity index (χ1) is 11.5. The van der Waals surface area contributed by atoms with Gasteiger partial charge in [0.1, 0.15) is 11.4 Å². The van der Waals surface area contributed by atoms with Crippen molar-refractivity contribution in [1.82, 2.24) is 4.90 Å². The molecule has 2 N–H and O–H groups in total. The van der Waals surface area contributed by atoms with Gasteiger partial charge in [0.15, 0.2) is 0 Å². The quantitative estimate of drug-likeness (QED) is 0.907. The number of halogens is 1. The van der Waals surface area contributed by atoms with Crippen LogP contribution in [-0.4, -0.2) is 34.3 Å². The van der Waals surface area contributed by atoms with Crippen molar-refractivity contribution < 1.29 is 19.4 Å². The first-order valence-electron chi connectivity index (χ1n) is 8.03. The third-order valence-corrected chi connectivity index (χ3v) is 4.85. The molecule has 0 spiro atoms. The van der Waals surface area contributed by atoms with Crippen molar-refractivity contribution in [3.8, 4) is 0 Å². The van der Waals surface area contributed by atoms with Crippen molar-refractivity contribution in [2.24, 2.45) is 5.92 Å². The molecule has 2 aromatic rings. The minimum absolute atomic E-state index is 0.138. The van der Waals surface area contributed by atoms with Gasteiger partial charge in [-0.05, 0) is 42.0 Å². The lowest BCUT2D eigenvalue weighted by Crippen LogP contribution is -2.45. The Morgan fingerprint density at radius 2 is 1.54 bits per heavy atom. The lowest BCUT2D eigenvalue weighted by molar-refractivity contribution is -0.0121. The summed E-state index contributed by atoms with van der Waals surface area (Å²) in [5, 5.41) is 20.7. The van der Waals surface area contributed by atoms with E-state index < -0.39 is 11.7 Å². The zero-order valence-corrected chi connectivity index (χ0v) is 13.2. The minimum Gasteiger partial charge on any atom is -0.465 e. The van der Waals surface area contributed by atoms with Crippen LogP contribution in [0.25, 0.3) is 0 Å². The third kappa shape index (κ3) is 2.99. The summed E-state index contributed by atoms with van der Waals surface area (Å²) in [6, 6.07) is 15.2. The van der Waals surface area contributed by atoms with Crippen molar-refractivity contribution in [3.05, 3.63) is 71.5 Å². The van der Waals surface area contributed by atoms with E-state index in [0.717, 1.165) is 5.56 Å². The SMILES string of the molecule is O=C(O)N1CCC([C@](O)(c2ccccc2)c2ccc(F)cc2)CC1. The van der Waals surface area contributed by atoms with Gasteiger partial charge in [0.2, 0.25) is 0 Å². The summed E-state index contributed by atoms with van der Waals surface area (Å²) >= 11 is 0. The van der Waals surface area contributed by atoms with Gasteiger partial charge < -0.3 is 15.1 Å². The van der Waals surface area contributed by atoms with Crippen LogP contribution in [0.4, 0.5) is 9.18 Å². The van der Waals surface area contributed by atoms with E-state index in [2.05, 4.69) is 0 Å². The summed E-state index contributed by atoms with van der Waals surface area (Å²) < 4.78 is 13.3. The maximum atomic E-state index is 13.3. The summed E-state index contributed by atoms with van der Waals surface area (Å²) in [5.74, 6) is -0.490. The van der Waals surface area contributed by atoms with E-state index in [1.54, 1.807) is 12.1 Å². The Hall–Kier alpha value is -2.40. The number of rotatable bonds is 3. The second-order valence-corrected chi connectivity index (χ2v) is 6.18. The van der Waals surface area contributed by atoms with E-state index in [1.165, 1.54) is 17.0 Å². The van der Waals surface area contributed by atoms with E-state index in [0.29, 0.717) is 31.5 Å². The van der Waals surface area contributed by atoms with Crippen LogP contribution >= 0.6 is 0 Å². The minimum atomic E-state index is -1.26. The predicted molar refractivity (Wildman–Crippen MR) is 88.2 cm³/mol. The van der Waals surface area contributed by atoms with Crippen LogP contribution in [0.3, 0.4) is 0 Å². The maximum absolute atomic E-state index is 13.3. The lowest BCUT2D eigenvalue weighted by atomic mass is 9.72. The Kier molecular flexibility index (Phi) is 4.53. The van der Waals surface area contributed by atoms with Gasteiger partial charge in [-0.1, -0.05) is 42.5 Å². The first kappa shape index (κ1) is 16.5. The number of piperidine rings is 1. The van der Waals surface area contributed by atoms with Crippen LogP contribution in [0, 0.1) is 11.7 Å². The molecule has 1 heterocycles. The topological polar surface area (TPSA) is 60.8 Å². The van der Waals surface area contributed by atoms with Crippen LogP contribution in [0.1, 0.15) is 24.0 Å². The molecule has 24 heavy (non-hydrogen) atoms. The summed E-state index contributed by atoms with van der Waals surface area (Å²) in [6.45, 7) is 0.771. The Morgan fingerprint density at radius 3 is 2.08 bits per heavy atom. The summed E-state index contributed by atoms with van der Waals surface area (Å²) in [5.41, 5.74) is 0.105. The summed E-state index contributed by atoms with van der Waals surface area (Å²) in [4.78, 5) is 12.5. The molecule has 0 saturated carbocycles. The molecule has 1 atom stereocenters. The molecule has 0 unspecified atom stereocenters. The molecule has 1 aliphatic heterocycles. The zero-order chi connectivity index (χ0) is 17.2. The van der Waals surface area contributed by atoms with Gasteiger partial charge >= 0.3 is 6.09 Å². The maximum Gasteiger partial charge on any atom is 0.407 e. The predicted octanol–water partition coefficient (Wildman–Crippen LogP) is 3.45. The van der Waals surface area contributed by atoms with Gasteiger partial charge in [-0.2, -0.15) is 0 Å². The van der Waals surface area contributed by atoms with Crippen molar-refractivity contribution in [3.63, 3.8) is 0 Å². The summed E-state index contributed by atoms with van der Waals surface area (Å²) in [6.07, 6.45) is 0.169. The molecule has 4 nitrogen and oxygen atoms in total. The van der Waals surface area contributed by atoms with Gasteiger partial charge in [-0.25, -0.2) is 9.18 Å². The van der Waals surface area contributed by atoms with Crippen LogP contribution in [0.2, 0.25) is 0 Å². The average molecular weight is 329 g/mol. The highest BCUT2D eigenvalue weighted by Gasteiger charge is 2.42. The Bertz CT molecular complexity index is 696. The second kappa shape index (κ2) is 6.61. The molecular formula is C19H20FNO3. The molecule has 0 bridgehead atoms. The number of carbonyl (C=O) groups is 1. The van der Waals surface area contributed by atoms with Gasteiger partial charge in [-0.15, -0.1) is 0 Å². The van der Waals surface area contributed by atoms with E-state index in [4.69, 9.17) is 5.11 Å². The van der Waals surface area contributed by atoms with Gasteiger partial charge in [0, 0.05) is 13.1 Å². The highest BCUT2D eigenvalue weighted by atomic mass is 19.1.